The van der Waals surface area contributed by atoms with E-state index in [9.17, 15) is 8.42 Å². The molecule has 0 aromatic heterocycles. The Hall–Kier alpha value is -1.81. The minimum absolute atomic E-state index is 0.0102. The second-order valence-corrected chi connectivity index (χ2v) is 7.46. The Balaban J connectivity index is 2.26. The van der Waals surface area contributed by atoms with Crippen molar-refractivity contribution in [2.75, 3.05) is 11.4 Å². The standard InChI is InChI=1S/C17H21NO2S/c1-14(2)16-10-7-11-17(12-16)18(3)21(19,20)13-15-8-5-4-6-9-15/h4-12,14H,13H2,1-3H3. The van der Waals surface area contributed by atoms with Gasteiger partial charge in [-0.05, 0) is 29.2 Å². The van der Waals surface area contributed by atoms with Crippen LogP contribution in [0, 0.1) is 0 Å². The molecule has 3 nitrogen and oxygen atoms in total. The van der Waals surface area contributed by atoms with Gasteiger partial charge in [-0.3, -0.25) is 4.31 Å². The van der Waals surface area contributed by atoms with Gasteiger partial charge in [0.05, 0.1) is 11.4 Å². The van der Waals surface area contributed by atoms with Crippen molar-refractivity contribution in [1.29, 1.82) is 0 Å². The lowest BCUT2D eigenvalue weighted by molar-refractivity contribution is 0.593. The first-order chi connectivity index (χ1) is 9.90. The van der Waals surface area contributed by atoms with Crippen LogP contribution >= 0.6 is 0 Å². The molecular weight excluding hydrogens is 282 g/mol. The summed E-state index contributed by atoms with van der Waals surface area (Å²) in [4.78, 5) is 0. The smallest absolute Gasteiger partial charge is 0.239 e. The highest BCUT2D eigenvalue weighted by Gasteiger charge is 2.19. The first kappa shape index (κ1) is 15.6. The number of nitrogens with zero attached hydrogens (tertiary/aromatic N) is 1. The zero-order valence-electron chi connectivity index (χ0n) is 12.7. The summed E-state index contributed by atoms with van der Waals surface area (Å²) in [5.41, 5.74) is 2.63. The summed E-state index contributed by atoms with van der Waals surface area (Å²) in [6, 6.07) is 16.9. The maximum Gasteiger partial charge on any atom is 0.239 e. The molecule has 2 rings (SSSR count). The summed E-state index contributed by atoms with van der Waals surface area (Å²) >= 11 is 0. The molecule has 21 heavy (non-hydrogen) atoms. The first-order valence-corrected chi connectivity index (χ1v) is 8.61. The molecule has 0 unspecified atom stereocenters. The lowest BCUT2D eigenvalue weighted by Gasteiger charge is -2.20. The molecule has 0 spiro atoms. The number of hydrogen-bond donors (Lipinski definition) is 0. The zero-order chi connectivity index (χ0) is 15.5. The highest BCUT2D eigenvalue weighted by atomic mass is 32.2. The molecule has 2 aromatic carbocycles. The van der Waals surface area contributed by atoms with Crippen LogP contribution in [-0.2, 0) is 15.8 Å². The third-order valence-corrected chi connectivity index (χ3v) is 5.25. The van der Waals surface area contributed by atoms with Crippen LogP contribution in [0.1, 0.15) is 30.9 Å². The van der Waals surface area contributed by atoms with E-state index in [1.807, 2.05) is 54.6 Å². The van der Waals surface area contributed by atoms with Crippen molar-refractivity contribution in [1.82, 2.24) is 0 Å². The molecule has 0 bridgehead atoms. The Morgan fingerprint density at radius 2 is 1.67 bits per heavy atom. The van der Waals surface area contributed by atoms with Gasteiger partial charge in [0.2, 0.25) is 10.0 Å². The molecule has 0 aliphatic rings. The molecule has 2 aromatic rings. The normalized spacial score (nSPS) is 11.6. The summed E-state index contributed by atoms with van der Waals surface area (Å²) in [6.07, 6.45) is 0. The maximum absolute atomic E-state index is 12.5. The van der Waals surface area contributed by atoms with Gasteiger partial charge in [0, 0.05) is 7.05 Å². The van der Waals surface area contributed by atoms with Crippen LogP contribution in [0.3, 0.4) is 0 Å². The van der Waals surface area contributed by atoms with Crippen molar-refractivity contribution >= 4 is 15.7 Å². The molecule has 0 aliphatic heterocycles. The van der Waals surface area contributed by atoms with Gasteiger partial charge in [0.15, 0.2) is 0 Å². The van der Waals surface area contributed by atoms with Gasteiger partial charge in [0.25, 0.3) is 0 Å². The van der Waals surface area contributed by atoms with Crippen LogP contribution in [0.25, 0.3) is 0 Å². The van der Waals surface area contributed by atoms with Crippen LogP contribution in [0.2, 0.25) is 0 Å². The highest BCUT2D eigenvalue weighted by Crippen LogP contribution is 2.23. The number of rotatable bonds is 5. The van der Waals surface area contributed by atoms with Crippen LogP contribution in [0.4, 0.5) is 5.69 Å². The topological polar surface area (TPSA) is 37.4 Å². The molecule has 0 heterocycles. The second-order valence-electron chi connectivity index (χ2n) is 5.46. The van der Waals surface area contributed by atoms with E-state index in [4.69, 9.17) is 0 Å². The Bertz CT molecular complexity index is 694. The summed E-state index contributed by atoms with van der Waals surface area (Å²) in [5.74, 6) is 0.381. The lowest BCUT2D eigenvalue weighted by atomic mass is 10.0. The van der Waals surface area contributed by atoms with Gasteiger partial charge in [-0.25, -0.2) is 8.42 Å². The van der Waals surface area contributed by atoms with E-state index in [0.717, 1.165) is 11.1 Å². The minimum Gasteiger partial charge on any atom is -0.273 e. The van der Waals surface area contributed by atoms with Gasteiger partial charge in [-0.1, -0.05) is 56.3 Å². The average Bonchev–Trinajstić information content (AvgIpc) is 2.47. The van der Waals surface area contributed by atoms with Crippen LogP contribution in [0.15, 0.2) is 54.6 Å². The van der Waals surface area contributed by atoms with Crippen molar-refractivity contribution in [2.45, 2.75) is 25.5 Å². The van der Waals surface area contributed by atoms with Crippen LogP contribution in [0.5, 0.6) is 0 Å². The summed E-state index contributed by atoms with van der Waals surface area (Å²) < 4.78 is 26.4. The SMILES string of the molecule is CC(C)c1cccc(N(C)S(=O)(=O)Cc2ccccc2)c1. The monoisotopic (exact) mass is 303 g/mol. The van der Waals surface area contributed by atoms with E-state index >= 15 is 0 Å². The van der Waals surface area contributed by atoms with Crippen molar-refractivity contribution in [3.8, 4) is 0 Å². The fourth-order valence-electron chi connectivity index (χ4n) is 2.12. The van der Waals surface area contributed by atoms with E-state index in [1.165, 1.54) is 4.31 Å². The molecule has 0 saturated carbocycles. The number of benzene rings is 2. The summed E-state index contributed by atoms with van der Waals surface area (Å²) in [7, 11) is -1.77. The van der Waals surface area contributed by atoms with Gasteiger partial charge in [0.1, 0.15) is 0 Å². The summed E-state index contributed by atoms with van der Waals surface area (Å²) in [5, 5.41) is 0. The maximum atomic E-state index is 12.5. The summed E-state index contributed by atoms with van der Waals surface area (Å²) in [6.45, 7) is 4.19. The van der Waals surface area contributed by atoms with E-state index in [-0.39, 0.29) is 5.75 Å². The molecular formula is C17H21NO2S. The minimum atomic E-state index is -3.38. The molecule has 0 fully saturated rings. The predicted octanol–water partition coefficient (Wildman–Crippen LogP) is 3.78. The average molecular weight is 303 g/mol. The molecule has 112 valence electrons. The molecule has 0 atom stereocenters. The molecule has 4 heteroatoms. The van der Waals surface area contributed by atoms with Gasteiger partial charge < -0.3 is 0 Å². The molecule has 0 saturated heterocycles. The Labute approximate surface area is 127 Å². The molecule has 0 N–H and O–H groups in total. The van der Waals surface area contributed by atoms with Crippen LogP contribution in [-0.4, -0.2) is 15.5 Å². The van der Waals surface area contributed by atoms with Crippen molar-refractivity contribution in [3.63, 3.8) is 0 Å². The Morgan fingerprint density at radius 3 is 2.29 bits per heavy atom. The van der Waals surface area contributed by atoms with Crippen molar-refractivity contribution in [3.05, 3.63) is 65.7 Å². The van der Waals surface area contributed by atoms with E-state index in [2.05, 4.69) is 13.8 Å². The third-order valence-electron chi connectivity index (χ3n) is 3.51. The highest BCUT2D eigenvalue weighted by molar-refractivity contribution is 7.92. The third kappa shape index (κ3) is 3.85. The fraction of sp³-hybridized carbons (Fsp3) is 0.294. The van der Waals surface area contributed by atoms with E-state index < -0.39 is 10.0 Å². The Morgan fingerprint density at radius 1 is 1.00 bits per heavy atom. The van der Waals surface area contributed by atoms with Gasteiger partial charge >= 0.3 is 0 Å². The fourth-order valence-corrected chi connectivity index (χ4v) is 3.36. The van der Waals surface area contributed by atoms with Crippen molar-refractivity contribution < 1.29 is 8.42 Å². The number of hydrogen-bond acceptors (Lipinski definition) is 2. The molecule has 0 radical (unpaired) electrons. The van der Waals surface area contributed by atoms with Crippen LogP contribution < -0.4 is 4.31 Å². The van der Waals surface area contributed by atoms with E-state index in [1.54, 1.807) is 7.05 Å². The van der Waals surface area contributed by atoms with Gasteiger partial charge in [-0.15, -0.1) is 0 Å². The zero-order valence-corrected chi connectivity index (χ0v) is 13.5. The Kier molecular flexibility index (Phi) is 4.68. The molecule has 0 amide bonds. The molecule has 0 aliphatic carbocycles. The van der Waals surface area contributed by atoms with Gasteiger partial charge in [-0.2, -0.15) is 0 Å². The van der Waals surface area contributed by atoms with E-state index in [0.29, 0.717) is 11.6 Å². The number of anilines is 1. The predicted molar refractivity (Wildman–Crippen MR) is 88.0 cm³/mol. The lowest BCUT2D eigenvalue weighted by Crippen LogP contribution is -2.27. The number of sulfonamides is 1. The van der Waals surface area contributed by atoms with Crippen molar-refractivity contribution in [2.24, 2.45) is 0 Å². The quantitative estimate of drug-likeness (QED) is 0.843. The first-order valence-electron chi connectivity index (χ1n) is 7.00. The largest absolute Gasteiger partial charge is 0.273 e. The second kappa shape index (κ2) is 6.31.